The van der Waals surface area contributed by atoms with E-state index in [0.717, 1.165) is 11.8 Å². The summed E-state index contributed by atoms with van der Waals surface area (Å²) in [5.41, 5.74) is 1.39. The lowest BCUT2D eigenvalue weighted by Crippen LogP contribution is -2.42. The molecule has 2 heterocycles. The number of amides is 1. The number of carboxylic acids is 1. The molecule has 1 unspecified atom stereocenters. The fourth-order valence-corrected chi connectivity index (χ4v) is 2.53. The molecule has 1 atom stereocenters. The molecule has 0 bridgehead atoms. The number of aromatic nitrogens is 1. The predicted octanol–water partition coefficient (Wildman–Crippen LogP) is 1.44. The van der Waals surface area contributed by atoms with E-state index in [2.05, 4.69) is 4.98 Å². The fourth-order valence-electron chi connectivity index (χ4n) is 2.53. The molecule has 3 rings (SSSR count). The maximum absolute atomic E-state index is 12.6. The molecule has 1 aromatic carbocycles. The topological polar surface area (TPSA) is 90.7 Å². The molecule has 2 N–H and O–H groups in total. The minimum absolute atomic E-state index is 0.0351. The summed E-state index contributed by atoms with van der Waals surface area (Å²) in [6.45, 7) is 0. The number of carboxylic acid groups (broad SMARTS) is 1. The lowest BCUT2D eigenvalue weighted by atomic mass is 10.1. The third-order valence-electron chi connectivity index (χ3n) is 3.51. The van der Waals surface area contributed by atoms with Crippen LogP contribution >= 0.6 is 0 Å². The summed E-state index contributed by atoms with van der Waals surface area (Å²) in [5.74, 6) is -1.89. The van der Waals surface area contributed by atoms with Crippen LogP contribution in [0.4, 0.5) is 5.69 Å². The summed E-state index contributed by atoms with van der Waals surface area (Å²) in [4.78, 5) is 29.0. The Balaban J connectivity index is 2.08. The van der Waals surface area contributed by atoms with Crippen LogP contribution in [0.15, 0.2) is 42.7 Å². The minimum Gasteiger partial charge on any atom is -0.505 e. The van der Waals surface area contributed by atoms with E-state index in [-0.39, 0.29) is 17.7 Å². The number of pyridine rings is 1. The Labute approximate surface area is 120 Å². The second-order valence-electron chi connectivity index (χ2n) is 4.75. The van der Waals surface area contributed by atoms with Crippen LogP contribution in [-0.4, -0.2) is 33.1 Å². The molecule has 1 aromatic heterocycles. The average molecular weight is 284 g/mol. The minimum atomic E-state index is -1.08. The van der Waals surface area contributed by atoms with Gasteiger partial charge >= 0.3 is 5.97 Å². The zero-order valence-electron chi connectivity index (χ0n) is 10.9. The maximum atomic E-state index is 12.6. The van der Waals surface area contributed by atoms with E-state index in [1.54, 1.807) is 24.3 Å². The molecule has 0 spiro atoms. The first kappa shape index (κ1) is 13.1. The monoisotopic (exact) mass is 284 g/mol. The van der Waals surface area contributed by atoms with Gasteiger partial charge in [-0.05, 0) is 17.7 Å². The fraction of sp³-hybridized carbons (Fsp3) is 0.133. The molecule has 21 heavy (non-hydrogen) atoms. The van der Waals surface area contributed by atoms with Crippen molar-refractivity contribution in [3.63, 3.8) is 0 Å². The number of carbonyl (C=O) groups is 2. The highest BCUT2D eigenvalue weighted by molar-refractivity contribution is 6.12. The second-order valence-corrected chi connectivity index (χ2v) is 4.75. The van der Waals surface area contributed by atoms with Gasteiger partial charge in [0.1, 0.15) is 11.8 Å². The van der Waals surface area contributed by atoms with Gasteiger partial charge in [-0.25, -0.2) is 4.79 Å². The van der Waals surface area contributed by atoms with Gasteiger partial charge < -0.3 is 10.2 Å². The summed E-state index contributed by atoms with van der Waals surface area (Å²) in [6, 6.07) is 7.45. The molecule has 0 saturated carbocycles. The van der Waals surface area contributed by atoms with Crippen LogP contribution in [0, 0.1) is 0 Å². The van der Waals surface area contributed by atoms with E-state index >= 15 is 0 Å². The quantitative estimate of drug-likeness (QED) is 0.870. The molecule has 2 aromatic rings. The van der Waals surface area contributed by atoms with Gasteiger partial charge in [-0.3, -0.25) is 14.7 Å². The number of aliphatic carboxylic acids is 1. The highest BCUT2D eigenvalue weighted by atomic mass is 16.4. The van der Waals surface area contributed by atoms with Crippen molar-refractivity contribution in [1.82, 2.24) is 4.98 Å². The van der Waals surface area contributed by atoms with Crippen LogP contribution in [0.25, 0.3) is 0 Å². The highest BCUT2D eigenvalue weighted by Crippen LogP contribution is 2.34. The van der Waals surface area contributed by atoms with Crippen LogP contribution < -0.4 is 4.90 Å². The Morgan fingerprint density at radius 2 is 2.00 bits per heavy atom. The Kier molecular flexibility index (Phi) is 3.06. The highest BCUT2D eigenvalue weighted by Gasteiger charge is 2.39. The number of anilines is 1. The normalized spacial score (nSPS) is 16.6. The van der Waals surface area contributed by atoms with Crippen molar-refractivity contribution < 1.29 is 19.8 Å². The number of carbonyl (C=O) groups excluding carboxylic acids is 1. The number of fused-ring (bicyclic) bond motifs is 1. The summed E-state index contributed by atoms with van der Waals surface area (Å²) in [6.07, 6.45) is 2.79. The number of para-hydroxylation sites is 1. The zero-order valence-corrected chi connectivity index (χ0v) is 10.9. The van der Waals surface area contributed by atoms with E-state index in [1.807, 2.05) is 0 Å². The lowest BCUT2D eigenvalue weighted by Gasteiger charge is -2.22. The first-order chi connectivity index (χ1) is 10.1. The largest absolute Gasteiger partial charge is 0.505 e. The van der Waals surface area contributed by atoms with Gasteiger partial charge in [0.05, 0.1) is 11.8 Å². The Morgan fingerprint density at radius 1 is 1.24 bits per heavy atom. The number of nitrogens with zero attached hydrogens (tertiary/aromatic N) is 2. The van der Waals surface area contributed by atoms with E-state index in [1.165, 1.54) is 17.2 Å². The van der Waals surface area contributed by atoms with E-state index in [9.17, 15) is 19.8 Å². The maximum Gasteiger partial charge on any atom is 0.327 e. The van der Waals surface area contributed by atoms with Gasteiger partial charge in [0.15, 0.2) is 0 Å². The predicted molar refractivity (Wildman–Crippen MR) is 74.3 cm³/mol. The molecule has 106 valence electrons. The second kappa shape index (κ2) is 4.90. The van der Waals surface area contributed by atoms with Crippen LogP contribution in [0.2, 0.25) is 0 Å². The van der Waals surface area contributed by atoms with Gasteiger partial charge in [-0.2, -0.15) is 0 Å². The molecule has 1 aliphatic rings. The van der Waals surface area contributed by atoms with Crippen molar-refractivity contribution in [2.45, 2.75) is 12.5 Å². The van der Waals surface area contributed by atoms with Crippen molar-refractivity contribution in [3.05, 3.63) is 53.9 Å². The number of aromatic hydroxyl groups is 1. The van der Waals surface area contributed by atoms with Gasteiger partial charge in [0, 0.05) is 18.3 Å². The van der Waals surface area contributed by atoms with E-state index < -0.39 is 17.9 Å². The number of hydrogen-bond donors (Lipinski definition) is 2. The molecule has 6 heteroatoms. The standard InChI is InChI=1S/C15H12N2O4/c18-13-8-16-6-5-10(13)14(19)17-11-4-2-1-3-9(11)7-12(17)15(20)21/h1-6,8,12,18H,7H2,(H,20,21). The first-order valence-corrected chi connectivity index (χ1v) is 6.37. The Bertz CT molecular complexity index is 729. The molecule has 0 saturated heterocycles. The van der Waals surface area contributed by atoms with Crippen molar-refractivity contribution in [3.8, 4) is 5.75 Å². The summed E-state index contributed by atoms with van der Waals surface area (Å²) in [5, 5.41) is 19.1. The molecular formula is C15H12N2O4. The van der Waals surface area contributed by atoms with Crippen molar-refractivity contribution >= 4 is 17.6 Å². The van der Waals surface area contributed by atoms with Crippen molar-refractivity contribution in [2.75, 3.05) is 4.90 Å². The number of hydrogen-bond acceptors (Lipinski definition) is 4. The Morgan fingerprint density at radius 3 is 2.71 bits per heavy atom. The smallest absolute Gasteiger partial charge is 0.327 e. The molecule has 0 aliphatic carbocycles. The van der Waals surface area contributed by atoms with Crippen LogP contribution in [0.3, 0.4) is 0 Å². The molecule has 1 amide bonds. The van der Waals surface area contributed by atoms with Gasteiger partial charge in [0.2, 0.25) is 0 Å². The zero-order chi connectivity index (χ0) is 15.0. The van der Waals surface area contributed by atoms with Gasteiger partial charge in [0.25, 0.3) is 5.91 Å². The van der Waals surface area contributed by atoms with Crippen LogP contribution in [-0.2, 0) is 11.2 Å². The third kappa shape index (κ3) is 2.10. The summed E-state index contributed by atoms with van der Waals surface area (Å²) in [7, 11) is 0. The van der Waals surface area contributed by atoms with E-state index in [4.69, 9.17) is 0 Å². The molecule has 0 fully saturated rings. The lowest BCUT2D eigenvalue weighted by molar-refractivity contribution is -0.138. The average Bonchev–Trinajstić information content (AvgIpc) is 2.86. The van der Waals surface area contributed by atoms with Gasteiger partial charge in [-0.15, -0.1) is 0 Å². The molecule has 6 nitrogen and oxygen atoms in total. The molecule has 0 radical (unpaired) electrons. The summed E-state index contributed by atoms with van der Waals surface area (Å²) >= 11 is 0. The SMILES string of the molecule is O=C(O)C1Cc2ccccc2N1C(=O)c1ccncc1O. The first-order valence-electron chi connectivity index (χ1n) is 6.37. The van der Waals surface area contributed by atoms with E-state index in [0.29, 0.717) is 5.69 Å². The number of rotatable bonds is 2. The molecular weight excluding hydrogens is 272 g/mol. The van der Waals surface area contributed by atoms with Crippen LogP contribution in [0.1, 0.15) is 15.9 Å². The third-order valence-corrected chi connectivity index (χ3v) is 3.51. The summed E-state index contributed by atoms with van der Waals surface area (Å²) < 4.78 is 0. The van der Waals surface area contributed by atoms with Crippen molar-refractivity contribution in [1.29, 1.82) is 0 Å². The number of benzene rings is 1. The van der Waals surface area contributed by atoms with Crippen molar-refractivity contribution in [2.24, 2.45) is 0 Å². The Hall–Kier alpha value is -2.89. The van der Waals surface area contributed by atoms with Crippen LogP contribution in [0.5, 0.6) is 5.75 Å². The van der Waals surface area contributed by atoms with Gasteiger partial charge in [-0.1, -0.05) is 18.2 Å². The molecule has 1 aliphatic heterocycles.